The minimum Gasteiger partial charge on any atom is -0.486 e. The molecule has 2 fully saturated rings. The smallest absolute Gasteiger partial charge is 0.225 e. The fourth-order valence-corrected chi connectivity index (χ4v) is 6.23. The number of imidazole rings is 1. The van der Waals surface area contributed by atoms with Crippen molar-refractivity contribution in [2.75, 3.05) is 32.7 Å². The molecule has 3 aromatic rings. The van der Waals surface area contributed by atoms with Crippen LogP contribution in [0, 0.1) is 18.8 Å². The molecule has 6 nitrogen and oxygen atoms in total. The highest BCUT2D eigenvalue weighted by Crippen LogP contribution is 2.28. The van der Waals surface area contributed by atoms with Crippen molar-refractivity contribution in [1.82, 2.24) is 19.4 Å². The number of carbonyl (C=O) groups is 1. The molecular weight excluding hydrogens is 496 g/mol. The van der Waals surface area contributed by atoms with Crippen molar-refractivity contribution in [2.24, 2.45) is 11.8 Å². The molecule has 7 heteroatoms. The zero-order valence-corrected chi connectivity index (χ0v) is 23.6. The number of hydrogen-bond donors (Lipinski definition) is 0. The summed E-state index contributed by atoms with van der Waals surface area (Å²) in [5, 5.41) is 0.701. The van der Waals surface area contributed by atoms with Crippen LogP contribution in [0.5, 0.6) is 5.75 Å². The largest absolute Gasteiger partial charge is 0.486 e. The fraction of sp³-hybridized carbons (Fsp3) is 0.548. The summed E-state index contributed by atoms with van der Waals surface area (Å²) in [7, 11) is 0. The van der Waals surface area contributed by atoms with Crippen LogP contribution in [0.3, 0.4) is 0 Å². The average molecular weight is 537 g/mol. The lowest BCUT2D eigenvalue weighted by Gasteiger charge is -2.37. The number of benzene rings is 2. The van der Waals surface area contributed by atoms with E-state index < -0.39 is 0 Å². The standard InChI is InChI=1S/C31H41ClN4O2/c1-23-8-6-9-28-30(23)33-29(22-38-27-12-10-26(32)11-13-27)36(28)19-7-16-34-20-14-25(15-21-34)24(2)31(37)35-17-4-3-5-18-35/h6,8-13,24-25H,3-5,7,14-22H2,1-2H3. The third kappa shape index (κ3) is 6.35. The molecule has 0 spiro atoms. The molecular formula is C31H41ClN4O2. The highest BCUT2D eigenvalue weighted by Gasteiger charge is 2.31. The number of likely N-dealkylation sites (tertiary alicyclic amines) is 2. The number of halogens is 1. The van der Waals surface area contributed by atoms with E-state index in [1.807, 2.05) is 24.3 Å². The first-order chi connectivity index (χ1) is 18.5. The molecule has 2 aliphatic heterocycles. The normalized spacial score (nSPS) is 18.1. The summed E-state index contributed by atoms with van der Waals surface area (Å²) in [5.74, 6) is 2.80. The molecule has 2 aliphatic rings. The van der Waals surface area contributed by atoms with Crippen LogP contribution < -0.4 is 4.74 Å². The van der Waals surface area contributed by atoms with E-state index in [0.29, 0.717) is 23.5 Å². The van der Waals surface area contributed by atoms with Gasteiger partial charge in [-0.2, -0.15) is 0 Å². The Labute approximate surface area is 231 Å². The molecule has 2 saturated heterocycles. The molecule has 0 saturated carbocycles. The Morgan fingerprint density at radius 2 is 1.76 bits per heavy atom. The van der Waals surface area contributed by atoms with Gasteiger partial charge in [0.1, 0.15) is 18.2 Å². The number of piperidine rings is 2. The summed E-state index contributed by atoms with van der Waals surface area (Å²) in [6.45, 7) is 10.7. The Morgan fingerprint density at radius 1 is 1.03 bits per heavy atom. The summed E-state index contributed by atoms with van der Waals surface area (Å²) < 4.78 is 8.39. The van der Waals surface area contributed by atoms with Crippen LogP contribution >= 0.6 is 11.6 Å². The monoisotopic (exact) mass is 536 g/mol. The molecule has 0 N–H and O–H groups in total. The van der Waals surface area contributed by atoms with Gasteiger partial charge in [-0.1, -0.05) is 30.7 Å². The van der Waals surface area contributed by atoms with Crippen LogP contribution in [0.4, 0.5) is 0 Å². The summed E-state index contributed by atoms with van der Waals surface area (Å²) in [6.07, 6.45) is 6.89. The number of carbonyl (C=O) groups excluding carboxylic acids is 1. The molecule has 5 rings (SSSR count). The maximum Gasteiger partial charge on any atom is 0.225 e. The lowest BCUT2D eigenvalue weighted by Crippen LogP contribution is -2.44. The maximum absolute atomic E-state index is 13.0. The summed E-state index contributed by atoms with van der Waals surface area (Å²) >= 11 is 6.02. The van der Waals surface area contributed by atoms with Crippen LogP contribution in [-0.2, 0) is 17.9 Å². The van der Waals surface area contributed by atoms with Crippen LogP contribution in [0.2, 0.25) is 5.02 Å². The van der Waals surface area contributed by atoms with Crippen LogP contribution in [0.15, 0.2) is 42.5 Å². The third-order valence-electron chi connectivity index (χ3n) is 8.49. The molecule has 0 aliphatic carbocycles. The van der Waals surface area contributed by atoms with Gasteiger partial charge < -0.3 is 19.1 Å². The second kappa shape index (κ2) is 12.5. The second-order valence-electron chi connectivity index (χ2n) is 11.1. The first-order valence-corrected chi connectivity index (χ1v) is 14.7. The van der Waals surface area contributed by atoms with Gasteiger partial charge in [0.05, 0.1) is 11.0 Å². The van der Waals surface area contributed by atoms with Crippen molar-refractivity contribution in [2.45, 2.75) is 65.5 Å². The molecule has 2 aromatic carbocycles. The molecule has 1 unspecified atom stereocenters. The van der Waals surface area contributed by atoms with Crippen molar-refractivity contribution >= 4 is 28.5 Å². The average Bonchev–Trinajstić information content (AvgIpc) is 3.31. The number of nitrogens with zero attached hydrogens (tertiary/aromatic N) is 4. The number of amides is 1. The Bertz CT molecular complexity index is 1210. The predicted molar refractivity (Wildman–Crippen MR) is 154 cm³/mol. The quantitative estimate of drug-likeness (QED) is 0.321. The Morgan fingerprint density at radius 3 is 2.50 bits per heavy atom. The number of rotatable bonds is 9. The Hall–Kier alpha value is -2.57. The van der Waals surface area contributed by atoms with Gasteiger partial charge in [0.25, 0.3) is 0 Å². The van der Waals surface area contributed by atoms with Gasteiger partial charge in [0, 0.05) is 30.6 Å². The molecule has 204 valence electrons. The highest BCUT2D eigenvalue weighted by molar-refractivity contribution is 6.30. The van der Waals surface area contributed by atoms with E-state index in [2.05, 4.69) is 46.4 Å². The van der Waals surface area contributed by atoms with Gasteiger partial charge in [-0.05, 0) is 107 Å². The van der Waals surface area contributed by atoms with Crippen molar-refractivity contribution < 1.29 is 9.53 Å². The Kier molecular flexibility index (Phi) is 8.90. The van der Waals surface area contributed by atoms with Crippen LogP contribution in [0.1, 0.15) is 56.8 Å². The van der Waals surface area contributed by atoms with Gasteiger partial charge in [0.2, 0.25) is 5.91 Å². The van der Waals surface area contributed by atoms with E-state index in [1.165, 1.54) is 17.5 Å². The van der Waals surface area contributed by atoms with E-state index in [1.54, 1.807) is 0 Å². The van der Waals surface area contributed by atoms with Crippen molar-refractivity contribution in [1.29, 1.82) is 0 Å². The minimum absolute atomic E-state index is 0.152. The second-order valence-corrected chi connectivity index (χ2v) is 11.5. The lowest BCUT2D eigenvalue weighted by molar-refractivity contribution is -0.138. The SMILES string of the molecule is Cc1cccc2c1nc(COc1ccc(Cl)cc1)n2CCCN1CCC(C(C)C(=O)N2CCCCC2)CC1. The predicted octanol–water partition coefficient (Wildman–Crippen LogP) is 6.33. The zero-order chi connectivity index (χ0) is 26.5. The molecule has 38 heavy (non-hydrogen) atoms. The number of aromatic nitrogens is 2. The summed E-state index contributed by atoms with van der Waals surface area (Å²) in [5.41, 5.74) is 3.41. The molecule has 0 bridgehead atoms. The van der Waals surface area contributed by atoms with Crippen LogP contribution in [0.25, 0.3) is 11.0 Å². The first kappa shape index (κ1) is 27.0. The van der Waals surface area contributed by atoms with Crippen LogP contribution in [-0.4, -0.2) is 58.0 Å². The molecule has 3 heterocycles. The van der Waals surface area contributed by atoms with E-state index in [9.17, 15) is 4.79 Å². The van der Waals surface area contributed by atoms with E-state index >= 15 is 0 Å². The van der Waals surface area contributed by atoms with Gasteiger partial charge in [0.15, 0.2) is 0 Å². The first-order valence-electron chi connectivity index (χ1n) is 14.3. The lowest BCUT2D eigenvalue weighted by atomic mass is 9.84. The highest BCUT2D eigenvalue weighted by atomic mass is 35.5. The van der Waals surface area contributed by atoms with Gasteiger partial charge in [-0.3, -0.25) is 4.79 Å². The van der Waals surface area contributed by atoms with E-state index in [0.717, 1.165) is 88.5 Å². The summed E-state index contributed by atoms with van der Waals surface area (Å²) in [4.78, 5) is 22.6. The van der Waals surface area contributed by atoms with Crippen molar-refractivity contribution in [3.63, 3.8) is 0 Å². The zero-order valence-electron chi connectivity index (χ0n) is 22.9. The number of aryl methyl sites for hydroxylation is 2. The number of hydrogen-bond acceptors (Lipinski definition) is 4. The maximum atomic E-state index is 13.0. The van der Waals surface area contributed by atoms with Gasteiger partial charge in [-0.25, -0.2) is 4.98 Å². The van der Waals surface area contributed by atoms with Crippen molar-refractivity contribution in [3.05, 3.63) is 58.9 Å². The topological polar surface area (TPSA) is 50.6 Å². The fourth-order valence-electron chi connectivity index (χ4n) is 6.11. The molecule has 0 radical (unpaired) electrons. The van der Waals surface area contributed by atoms with Crippen molar-refractivity contribution in [3.8, 4) is 5.75 Å². The molecule has 1 amide bonds. The minimum atomic E-state index is 0.152. The van der Waals surface area contributed by atoms with E-state index in [-0.39, 0.29) is 5.92 Å². The number of para-hydroxylation sites is 1. The van der Waals surface area contributed by atoms with Gasteiger partial charge in [-0.15, -0.1) is 0 Å². The van der Waals surface area contributed by atoms with E-state index in [4.69, 9.17) is 21.3 Å². The van der Waals surface area contributed by atoms with Gasteiger partial charge >= 0.3 is 0 Å². The number of ether oxygens (including phenoxy) is 1. The summed E-state index contributed by atoms with van der Waals surface area (Å²) in [6, 6.07) is 13.9. The number of fused-ring (bicyclic) bond motifs is 1. The Balaban J connectivity index is 1.15. The molecule has 1 aromatic heterocycles. The third-order valence-corrected chi connectivity index (χ3v) is 8.75. The molecule has 1 atom stereocenters.